The second-order valence-electron chi connectivity index (χ2n) is 5.05. The molecule has 0 unspecified atom stereocenters. The zero-order valence-corrected chi connectivity index (χ0v) is 13.1. The van der Waals surface area contributed by atoms with Crippen LogP contribution in [0.5, 0.6) is 11.8 Å². The lowest BCUT2D eigenvalue weighted by atomic mass is 10.2. The van der Waals surface area contributed by atoms with Gasteiger partial charge in [0.15, 0.2) is 0 Å². The van der Waals surface area contributed by atoms with Crippen LogP contribution in [0.4, 0.5) is 4.79 Å². The van der Waals surface area contributed by atoms with Gasteiger partial charge in [-0.2, -0.15) is 0 Å². The molecule has 0 aliphatic rings. The Kier molecular flexibility index (Phi) is 4.17. The molecule has 126 valence electrons. The van der Waals surface area contributed by atoms with E-state index in [1.807, 2.05) is 0 Å². The van der Waals surface area contributed by atoms with Crippen LogP contribution in [0.25, 0.3) is 16.5 Å². The van der Waals surface area contributed by atoms with Crippen molar-refractivity contribution in [1.29, 1.82) is 0 Å². The highest BCUT2D eigenvalue weighted by Crippen LogP contribution is 2.38. The Balaban J connectivity index is 1.95. The van der Waals surface area contributed by atoms with E-state index in [9.17, 15) is 19.8 Å². The molecule has 0 atom stereocenters. The molecule has 0 radical (unpaired) electrons. The first kappa shape index (κ1) is 16.2. The van der Waals surface area contributed by atoms with E-state index in [2.05, 4.69) is 15.0 Å². The summed E-state index contributed by atoms with van der Waals surface area (Å²) >= 11 is 0. The van der Waals surface area contributed by atoms with Gasteiger partial charge in [0.2, 0.25) is 11.8 Å². The lowest BCUT2D eigenvalue weighted by Gasteiger charge is -2.07. The summed E-state index contributed by atoms with van der Waals surface area (Å²) < 4.78 is 5.52. The summed E-state index contributed by atoms with van der Waals surface area (Å²) in [4.78, 5) is 22.7. The Morgan fingerprint density at radius 2 is 1.48 bits per heavy atom. The van der Waals surface area contributed by atoms with E-state index < -0.39 is 12.0 Å². The molecular weight excluding hydrogens is 326 g/mol. The topological polar surface area (TPSA) is 113 Å². The van der Waals surface area contributed by atoms with Crippen molar-refractivity contribution in [2.75, 3.05) is 7.11 Å². The summed E-state index contributed by atoms with van der Waals surface area (Å²) in [5, 5.41) is 28.0. The van der Waals surface area contributed by atoms with Crippen molar-refractivity contribution in [2.45, 2.75) is 0 Å². The second-order valence-corrected chi connectivity index (χ2v) is 5.05. The van der Waals surface area contributed by atoms with Crippen LogP contribution in [0.3, 0.4) is 0 Å². The number of amides is 2. The molecule has 1 heterocycles. The monoisotopic (exact) mass is 339 g/mol. The maximum absolute atomic E-state index is 11.8. The van der Waals surface area contributed by atoms with E-state index in [0.717, 1.165) is 7.11 Å². The minimum Gasteiger partial charge on any atom is -0.494 e. The summed E-state index contributed by atoms with van der Waals surface area (Å²) in [6, 6.07) is 12.8. The molecule has 0 spiro atoms. The van der Waals surface area contributed by atoms with Crippen LogP contribution in [-0.4, -0.2) is 33.9 Å². The molecule has 0 aliphatic carbocycles. The second kappa shape index (κ2) is 6.44. The zero-order valence-electron chi connectivity index (χ0n) is 13.1. The lowest BCUT2D eigenvalue weighted by Crippen LogP contribution is -1.98. The molecule has 1 aromatic heterocycles. The van der Waals surface area contributed by atoms with Crippen LogP contribution in [0, 0.1) is 0 Å². The zero-order chi connectivity index (χ0) is 18.0. The molecule has 0 bridgehead atoms. The predicted molar refractivity (Wildman–Crippen MR) is 88.2 cm³/mol. The van der Waals surface area contributed by atoms with E-state index in [1.165, 1.54) is 28.8 Å². The molecule has 2 amide bonds. The van der Waals surface area contributed by atoms with Crippen molar-refractivity contribution >= 4 is 22.8 Å². The third-order valence-electron chi connectivity index (χ3n) is 3.60. The van der Waals surface area contributed by atoms with Crippen LogP contribution in [0.2, 0.25) is 0 Å². The number of ether oxygens (including phenoxy) is 1. The first-order valence-electron chi connectivity index (χ1n) is 7.18. The summed E-state index contributed by atoms with van der Waals surface area (Å²) in [7, 11) is 1.13. The molecule has 25 heavy (non-hydrogen) atoms. The molecule has 8 nitrogen and oxygen atoms in total. The molecule has 8 heteroatoms. The van der Waals surface area contributed by atoms with Gasteiger partial charge in [0.05, 0.1) is 12.8 Å². The summed E-state index contributed by atoms with van der Waals surface area (Å²) in [5.41, 5.74) is 0.639. The maximum Gasteiger partial charge on any atom is 0.452 e. The van der Waals surface area contributed by atoms with Crippen LogP contribution in [-0.2, 0) is 4.74 Å². The van der Waals surface area contributed by atoms with Gasteiger partial charge in [0.25, 0.3) is 5.91 Å². The van der Waals surface area contributed by atoms with Crippen molar-refractivity contribution in [2.24, 2.45) is 10.2 Å². The molecule has 0 saturated carbocycles. The van der Waals surface area contributed by atoms with E-state index in [1.54, 1.807) is 24.3 Å². The molecule has 0 aliphatic heterocycles. The summed E-state index contributed by atoms with van der Waals surface area (Å²) in [5.74, 6) is -0.946. The van der Waals surface area contributed by atoms with Crippen molar-refractivity contribution in [3.63, 3.8) is 0 Å². The van der Waals surface area contributed by atoms with Gasteiger partial charge in [-0.3, -0.25) is 9.36 Å². The first-order chi connectivity index (χ1) is 12.0. The standard InChI is InChI=1S/C17H13N3O5/c1-25-17(24)19-18-14(21)10-6-8-11(9-7-10)20-15(22)12-4-2-3-5-13(12)16(20)23/h2-9,22-23H,1H3. The molecular formula is C17H13N3O5. The third-order valence-corrected chi connectivity index (χ3v) is 3.60. The highest BCUT2D eigenvalue weighted by Gasteiger charge is 2.17. The van der Waals surface area contributed by atoms with Gasteiger partial charge in [-0.05, 0) is 36.4 Å². The van der Waals surface area contributed by atoms with Crippen LogP contribution in [0.1, 0.15) is 10.4 Å². The fourth-order valence-electron chi connectivity index (χ4n) is 2.40. The summed E-state index contributed by atoms with van der Waals surface area (Å²) in [6.07, 6.45) is -0.973. The molecule has 3 aromatic rings. The number of methoxy groups -OCH3 is 1. The van der Waals surface area contributed by atoms with Crippen molar-refractivity contribution in [3.8, 4) is 17.4 Å². The number of carbonyl (C=O) groups is 2. The minimum atomic E-state index is -0.973. The van der Waals surface area contributed by atoms with Gasteiger partial charge in [-0.15, -0.1) is 0 Å². The number of azo groups is 1. The average molecular weight is 339 g/mol. The number of rotatable bonds is 2. The highest BCUT2D eigenvalue weighted by atomic mass is 16.5. The minimum absolute atomic E-state index is 0.113. The average Bonchev–Trinajstić information content (AvgIpc) is 2.90. The first-order valence-corrected chi connectivity index (χ1v) is 7.18. The SMILES string of the molecule is COC(=O)N=NC(=O)c1ccc(-n2c(O)c3ccccc3c2O)cc1. The molecule has 0 fully saturated rings. The molecule has 3 rings (SSSR count). The maximum atomic E-state index is 11.8. The summed E-state index contributed by atoms with van der Waals surface area (Å²) in [6.45, 7) is 0. The quantitative estimate of drug-likeness (QED) is 0.695. The van der Waals surface area contributed by atoms with Gasteiger partial charge < -0.3 is 14.9 Å². The Morgan fingerprint density at radius 3 is 2.00 bits per heavy atom. The third kappa shape index (κ3) is 2.92. The van der Waals surface area contributed by atoms with Crippen LogP contribution >= 0.6 is 0 Å². The largest absolute Gasteiger partial charge is 0.494 e. The predicted octanol–water partition coefficient (Wildman–Crippen LogP) is 3.40. The molecule has 2 N–H and O–H groups in total. The van der Waals surface area contributed by atoms with E-state index in [4.69, 9.17) is 0 Å². The number of fused-ring (bicyclic) bond motifs is 1. The van der Waals surface area contributed by atoms with E-state index >= 15 is 0 Å². The van der Waals surface area contributed by atoms with Crippen molar-refractivity contribution in [1.82, 2.24) is 4.57 Å². The number of aromatic hydroxyl groups is 2. The number of aromatic nitrogens is 1. The van der Waals surface area contributed by atoms with Crippen LogP contribution in [0.15, 0.2) is 58.8 Å². The van der Waals surface area contributed by atoms with Crippen LogP contribution < -0.4 is 0 Å². The Bertz CT molecular complexity index is 950. The number of hydrogen-bond donors (Lipinski definition) is 2. The molecule has 0 saturated heterocycles. The number of carbonyl (C=O) groups excluding carboxylic acids is 2. The van der Waals surface area contributed by atoms with Gasteiger partial charge in [-0.1, -0.05) is 22.4 Å². The van der Waals surface area contributed by atoms with Crippen molar-refractivity contribution in [3.05, 3.63) is 54.1 Å². The van der Waals surface area contributed by atoms with Gasteiger partial charge in [0, 0.05) is 16.3 Å². The molecule has 2 aromatic carbocycles. The van der Waals surface area contributed by atoms with Crippen molar-refractivity contribution < 1.29 is 24.5 Å². The van der Waals surface area contributed by atoms with E-state index in [0.29, 0.717) is 16.5 Å². The number of benzene rings is 2. The highest BCUT2D eigenvalue weighted by molar-refractivity contribution is 5.96. The fourth-order valence-corrected chi connectivity index (χ4v) is 2.40. The number of nitrogens with zero attached hydrogens (tertiary/aromatic N) is 3. The van der Waals surface area contributed by atoms with E-state index in [-0.39, 0.29) is 17.3 Å². The Morgan fingerprint density at radius 1 is 0.920 bits per heavy atom. The van der Waals surface area contributed by atoms with Gasteiger partial charge in [-0.25, -0.2) is 4.79 Å². The van der Waals surface area contributed by atoms with Gasteiger partial charge >= 0.3 is 6.09 Å². The smallest absolute Gasteiger partial charge is 0.452 e. The lowest BCUT2D eigenvalue weighted by molar-refractivity contribution is 0.0990. The Hall–Kier alpha value is -3.68. The number of hydrogen-bond acceptors (Lipinski definition) is 5. The fraction of sp³-hybridized carbons (Fsp3) is 0.0588. The van der Waals surface area contributed by atoms with Gasteiger partial charge in [0.1, 0.15) is 0 Å². The Labute approximate surface area is 141 Å². The normalized spacial score (nSPS) is 11.1.